The van der Waals surface area contributed by atoms with E-state index in [0.717, 1.165) is 22.9 Å². The molecule has 2 amide bonds. The van der Waals surface area contributed by atoms with E-state index in [2.05, 4.69) is 5.32 Å². The van der Waals surface area contributed by atoms with Gasteiger partial charge in [0.05, 0.1) is 19.1 Å². The third-order valence-electron chi connectivity index (χ3n) is 6.55. The molecule has 0 saturated carbocycles. The fourth-order valence-corrected chi connectivity index (χ4v) is 5.56. The van der Waals surface area contributed by atoms with Gasteiger partial charge in [-0.25, -0.2) is 8.42 Å². The van der Waals surface area contributed by atoms with Crippen LogP contribution in [-0.2, 0) is 32.6 Å². The van der Waals surface area contributed by atoms with Gasteiger partial charge in [0.15, 0.2) is 0 Å². The Kier molecular flexibility index (Phi) is 11.1. The standard InChI is InChI=1S/C31H39N3O5S/c1-5-32-31(36)29(22-25-13-7-6-8-14-25)33(23-26-15-10-17-28(21-26)39-3)30(35)18-11-19-34(40(4,37)38)27-16-9-12-24(2)20-27/h6-10,12-17,20-21,29H,5,11,18-19,22-23H2,1-4H3,(H,32,36)/t29-/m0/s1. The molecule has 8 nitrogen and oxygen atoms in total. The van der Waals surface area contributed by atoms with Gasteiger partial charge in [-0.15, -0.1) is 0 Å². The van der Waals surface area contributed by atoms with Gasteiger partial charge in [-0.1, -0.05) is 54.6 Å². The van der Waals surface area contributed by atoms with Gasteiger partial charge >= 0.3 is 0 Å². The Morgan fingerprint density at radius 1 is 0.950 bits per heavy atom. The van der Waals surface area contributed by atoms with E-state index in [1.807, 2.05) is 86.6 Å². The number of ether oxygens (including phenoxy) is 1. The molecule has 9 heteroatoms. The molecular weight excluding hydrogens is 526 g/mol. The smallest absolute Gasteiger partial charge is 0.243 e. The Morgan fingerprint density at radius 3 is 2.30 bits per heavy atom. The summed E-state index contributed by atoms with van der Waals surface area (Å²) in [5.41, 5.74) is 3.27. The highest BCUT2D eigenvalue weighted by atomic mass is 32.2. The first-order valence-electron chi connectivity index (χ1n) is 13.4. The average molecular weight is 566 g/mol. The van der Waals surface area contributed by atoms with E-state index in [1.165, 1.54) is 4.31 Å². The minimum absolute atomic E-state index is 0.0759. The number of carbonyl (C=O) groups excluding carboxylic acids is 2. The number of nitrogens with one attached hydrogen (secondary N) is 1. The van der Waals surface area contributed by atoms with Crippen LogP contribution < -0.4 is 14.4 Å². The topological polar surface area (TPSA) is 96.0 Å². The van der Waals surface area contributed by atoms with Crippen LogP contribution in [0, 0.1) is 6.92 Å². The summed E-state index contributed by atoms with van der Waals surface area (Å²) < 4.78 is 31.9. The summed E-state index contributed by atoms with van der Waals surface area (Å²) in [7, 11) is -1.98. The average Bonchev–Trinajstić information content (AvgIpc) is 2.93. The molecule has 0 heterocycles. The van der Waals surface area contributed by atoms with Crippen molar-refractivity contribution >= 4 is 27.5 Å². The summed E-state index contributed by atoms with van der Waals surface area (Å²) in [4.78, 5) is 28.7. The molecule has 0 aliphatic carbocycles. The van der Waals surface area contributed by atoms with E-state index in [4.69, 9.17) is 4.74 Å². The number of likely N-dealkylation sites (N-methyl/N-ethyl adjacent to an activating group) is 1. The number of aryl methyl sites for hydroxylation is 1. The summed E-state index contributed by atoms with van der Waals surface area (Å²) >= 11 is 0. The third kappa shape index (κ3) is 8.84. The molecular formula is C31H39N3O5S. The lowest BCUT2D eigenvalue weighted by Gasteiger charge is -2.32. The maximum absolute atomic E-state index is 13.8. The highest BCUT2D eigenvalue weighted by Crippen LogP contribution is 2.22. The number of rotatable bonds is 14. The molecule has 214 valence electrons. The first kappa shape index (κ1) is 30.7. The normalized spacial score (nSPS) is 11.9. The minimum Gasteiger partial charge on any atom is -0.497 e. The molecule has 3 rings (SSSR count). The fraction of sp³-hybridized carbons (Fsp3) is 0.355. The number of hydrogen-bond donors (Lipinski definition) is 1. The van der Waals surface area contributed by atoms with Crippen LogP contribution in [0.15, 0.2) is 78.9 Å². The molecule has 0 spiro atoms. The van der Waals surface area contributed by atoms with Gasteiger partial charge in [-0.2, -0.15) is 0 Å². The van der Waals surface area contributed by atoms with E-state index in [9.17, 15) is 18.0 Å². The number of hydrogen-bond acceptors (Lipinski definition) is 5. The SMILES string of the molecule is CCNC(=O)[C@H](Cc1ccccc1)N(Cc1cccc(OC)c1)C(=O)CCCN(c1cccc(C)c1)S(C)(=O)=O. The second-order valence-electron chi connectivity index (χ2n) is 9.75. The van der Waals surface area contributed by atoms with E-state index in [1.54, 1.807) is 18.1 Å². The number of benzene rings is 3. The largest absolute Gasteiger partial charge is 0.497 e. The number of sulfonamides is 1. The summed E-state index contributed by atoms with van der Waals surface area (Å²) in [5, 5.41) is 2.89. The summed E-state index contributed by atoms with van der Waals surface area (Å²) in [6.45, 7) is 4.53. The Balaban J connectivity index is 1.88. The van der Waals surface area contributed by atoms with Crippen molar-refractivity contribution in [3.63, 3.8) is 0 Å². The van der Waals surface area contributed by atoms with Crippen LogP contribution in [0.4, 0.5) is 5.69 Å². The van der Waals surface area contributed by atoms with Crippen molar-refractivity contribution in [3.05, 3.63) is 95.6 Å². The van der Waals surface area contributed by atoms with Gasteiger partial charge < -0.3 is 15.0 Å². The Hall–Kier alpha value is -3.85. The molecule has 3 aromatic carbocycles. The fourth-order valence-electron chi connectivity index (χ4n) is 4.60. The van der Waals surface area contributed by atoms with Crippen LogP contribution in [-0.4, -0.2) is 57.6 Å². The van der Waals surface area contributed by atoms with Gasteiger partial charge in [0.25, 0.3) is 0 Å². The molecule has 0 radical (unpaired) electrons. The zero-order chi connectivity index (χ0) is 29.1. The zero-order valence-electron chi connectivity index (χ0n) is 23.7. The summed E-state index contributed by atoms with van der Waals surface area (Å²) in [6, 6.07) is 23.5. The number of amides is 2. The highest BCUT2D eigenvalue weighted by molar-refractivity contribution is 7.92. The predicted octanol–water partition coefficient (Wildman–Crippen LogP) is 4.33. The molecule has 0 fully saturated rings. The summed E-state index contributed by atoms with van der Waals surface area (Å²) in [5.74, 6) is 0.192. The minimum atomic E-state index is -3.56. The van der Waals surface area contributed by atoms with Crippen LogP contribution >= 0.6 is 0 Å². The van der Waals surface area contributed by atoms with Crippen molar-refractivity contribution in [1.29, 1.82) is 0 Å². The van der Waals surface area contributed by atoms with Gasteiger partial charge in [-0.05, 0) is 61.2 Å². The van der Waals surface area contributed by atoms with E-state index < -0.39 is 16.1 Å². The molecule has 0 unspecified atom stereocenters. The van der Waals surface area contributed by atoms with E-state index in [0.29, 0.717) is 30.8 Å². The lowest BCUT2D eigenvalue weighted by molar-refractivity contribution is -0.141. The molecule has 40 heavy (non-hydrogen) atoms. The Labute approximate surface area is 238 Å². The van der Waals surface area contributed by atoms with Crippen molar-refractivity contribution in [2.75, 3.05) is 30.8 Å². The lowest BCUT2D eigenvalue weighted by Crippen LogP contribution is -2.50. The molecule has 0 aromatic heterocycles. The molecule has 0 aliphatic heterocycles. The van der Waals surface area contributed by atoms with Crippen molar-refractivity contribution in [2.24, 2.45) is 0 Å². The Morgan fingerprint density at radius 2 is 1.65 bits per heavy atom. The molecule has 1 atom stereocenters. The number of nitrogens with zero attached hydrogens (tertiary/aromatic N) is 2. The molecule has 0 bridgehead atoms. The summed E-state index contributed by atoms with van der Waals surface area (Å²) in [6.07, 6.45) is 1.88. The van der Waals surface area contributed by atoms with Crippen LogP contribution in [0.2, 0.25) is 0 Å². The van der Waals surface area contributed by atoms with Gasteiger partial charge in [0.1, 0.15) is 11.8 Å². The van der Waals surface area contributed by atoms with E-state index in [-0.39, 0.29) is 31.3 Å². The predicted molar refractivity (Wildman–Crippen MR) is 159 cm³/mol. The number of anilines is 1. The molecule has 3 aromatic rings. The molecule has 1 N–H and O–H groups in total. The van der Waals surface area contributed by atoms with Gasteiger partial charge in [-0.3, -0.25) is 13.9 Å². The van der Waals surface area contributed by atoms with Crippen LogP contribution in [0.3, 0.4) is 0 Å². The Bertz CT molecular complexity index is 1380. The zero-order valence-corrected chi connectivity index (χ0v) is 24.5. The number of carbonyl (C=O) groups is 2. The molecule has 0 aliphatic rings. The van der Waals surface area contributed by atoms with E-state index >= 15 is 0 Å². The van der Waals surface area contributed by atoms with Crippen LogP contribution in [0.5, 0.6) is 5.75 Å². The second-order valence-corrected chi connectivity index (χ2v) is 11.7. The van der Waals surface area contributed by atoms with Gasteiger partial charge in [0, 0.05) is 32.5 Å². The molecule has 0 saturated heterocycles. The van der Waals surface area contributed by atoms with Gasteiger partial charge in [0.2, 0.25) is 21.8 Å². The first-order chi connectivity index (χ1) is 19.1. The quantitative estimate of drug-likeness (QED) is 0.314. The third-order valence-corrected chi connectivity index (χ3v) is 7.75. The van der Waals surface area contributed by atoms with Crippen molar-refractivity contribution in [3.8, 4) is 5.75 Å². The monoisotopic (exact) mass is 565 g/mol. The van der Waals surface area contributed by atoms with Crippen molar-refractivity contribution in [1.82, 2.24) is 10.2 Å². The number of methoxy groups -OCH3 is 1. The maximum atomic E-state index is 13.8. The van der Waals surface area contributed by atoms with Crippen LogP contribution in [0.1, 0.15) is 36.5 Å². The first-order valence-corrected chi connectivity index (χ1v) is 15.3. The maximum Gasteiger partial charge on any atom is 0.243 e. The lowest BCUT2D eigenvalue weighted by atomic mass is 10.0. The second kappa shape index (κ2) is 14.5. The van der Waals surface area contributed by atoms with Crippen LogP contribution in [0.25, 0.3) is 0 Å². The highest BCUT2D eigenvalue weighted by Gasteiger charge is 2.30. The van der Waals surface area contributed by atoms with Crippen molar-refractivity contribution in [2.45, 2.75) is 45.7 Å². The van der Waals surface area contributed by atoms with Crippen molar-refractivity contribution < 1.29 is 22.7 Å².